The molecule has 0 bridgehead atoms. The molecule has 0 aliphatic heterocycles. The number of amidine groups is 1. The van der Waals surface area contributed by atoms with Crippen LogP contribution in [-0.4, -0.2) is 23.6 Å². The maximum atomic E-state index is 8.52. The Morgan fingerprint density at radius 2 is 2.33 bits per heavy atom. The van der Waals surface area contributed by atoms with Crippen LogP contribution in [0.1, 0.15) is 40.0 Å². The number of hydrogen-bond acceptors (Lipinski definition) is 3. The first-order valence-corrected chi connectivity index (χ1v) is 5.65. The van der Waals surface area contributed by atoms with Crippen molar-refractivity contribution >= 4 is 5.84 Å². The third-order valence-corrected chi connectivity index (χ3v) is 3.30. The van der Waals surface area contributed by atoms with Gasteiger partial charge in [0.2, 0.25) is 0 Å². The van der Waals surface area contributed by atoms with Gasteiger partial charge in [0.1, 0.15) is 5.84 Å². The molecule has 0 aromatic heterocycles. The number of nitrogens with two attached hydrogens (primary N) is 1. The Balaban J connectivity index is 2.27. The van der Waals surface area contributed by atoms with E-state index in [1.54, 1.807) is 0 Å². The summed E-state index contributed by atoms with van der Waals surface area (Å²) in [6, 6.07) is 0.592. The first-order valence-electron chi connectivity index (χ1n) is 5.65. The zero-order valence-electron chi connectivity index (χ0n) is 9.95. The quantitative estimate of drug-likeness (QED) is 0.287. The molecule has 0 spiro atoms. The number of nitrogens with zero attached hydrogens (tertiary/aromatic N) is 1. The summed E-state index contributed by atoms with van der Waals surface area (Å²) in [6.45, 7) is 7.36. The molecular weight excluding hydrogens is 190 g/mol. The third kappa shape index (κ3) is 3.70. The van der Waals surface area contributed by atoms with Crippen molar-refractivity contribution in [3.05, 3.63) is 0 Å². The normalized spacial score (nSPS) is 27.9. The molecule has 0 saturated heterocycles. The van der Waals surface area contributed by atoms with Gasteiger partial charge in [0.05, 0.1) is 0 Å². The molecule has 1 rings (SSSR count). The van der Waals surface area contributed by atoms with Crippen LogP contribution < -0.4 is 11.1 Å². The fourth-order valence-electron chi connectivity index (χ4n) is 2.16. The van der Waals surface area contributed by atoms with Gasteiger partial charge in [-0.1, -0.05) is 25.9 Å². The van der Waals surface area contributed by atoms with Gasteiger partial charge in [0.25, 0.3) is 0 Å². The van der Waals surface area contributed by atoms with Gasteiger partial charge < -0.3 is 16.3 Å². The van der Waals surface area contributed by atoms with Crippen LogP contribution in [0.3, 0.4) is 0 Å². The van der Waals surface area contributed by atoms with Crippen LogP contribution >= 0.6 is 0 Å². The van der Waals surface area contributed by atoms with Crippen LogP contribution in [0.4, 0.5) is 0 Å². The smallest absolute Gasteiger partial charge is 0.143 e. The maximum Gasteiger partial charge on any atom is 0.143 e. The van der Waals surface area contributed by atoms with Crippen molar-refractivity contribution in [2.24, 2.45) is 22.2 Å². The van der Waals surface area contributed by atoms with Crippen molar-refractivity contribution in [3.63, 3.8) is 0 Å². The minimum atomic E-state index is 0.0960. The number of hydrogen-bond donors (Lipinski definition) is 3. The SMILES string of the molecule is CC(CNC1CCC(C)(C)C1)C(N)=NO. The summed E-state index contributed by atoms with van der Waals surface area (Å²) in [6.07, 6.45) is 3.73. The largest absolute Gasteiger partial charge is 0.409 e. The molecule has 15 heavy (non-hydrogen) atoms. The molecule has 1 aliphatic rings. The van der Waals surface area contributed by atoms with Crippen molar-refractivity contribution in [3.8, 4) is 0 Å². The van der Waals surface area contributed by atoms with Crippen LogP contribution in [0.2, 0.25) is 0 Å². The summed E-state index contributed by atoms with van der Waals surface area (Å²) in [7, 11) is 0. The molecule has 1 aliphatic carbocycles. The van der Waals surface area contributed by atoms with E-state index in [4.69, 9.17) is 10.9 Å². The van der Waals surface area contributed by atoms with Gasteiger partial charge >= 0.3 is 0 Å². The van der Waals surface area contributed by atoms with E-state index >= 15 is 0 Å². The molecule has 4 heteroatoms. The van der Waals surface area contributed by atoms with Crippen LogP contribution in [-0.2, 0) is 0 Å². The molecule has 4 N–H and O–H groups in total. The standard InChI is InChI=1S/C11H23N3O/c1-8(10(12)14-15)7-13-9-4-5-11(2,3)6-9/h8-9,13,15H,4-7H2,1-3H3,(H2,12,14). The van der Waals surface area contributed by atoms with E-state index in [1.807, 2.05) is 6.92 Å². The number of nitrogens with one attached hydrogen (secondary N) is 1. The lowest BCUT2D eigenvalue weighted by molar-refractivity contribution is 0.313. The second kappa shape index (κ2) is 4.84. The van der Waals surface area contributed by atoms with Crippen molar-refractivity contribution < 1.29 is 5.21 Å². The number of oxime groups is 1. The van der Waals surface area contributed by atoms with Gasteiger partial charge in [-0.05, 0) is 24.7 Å². The predicted molar refractivity (Wildman–Crippen MR) is 62.0 cm³/mol. The van der Waals surface area contributed by atoms with Gasteiger partial charge in [-0.2, -0.15) is 0 Å². The fraction of sp³-hybridized carbons (Fsp3) is 0.909. The molecule has 0 radical (unpaired) electrons. The van der Waals surface area contributed by atoms with E-state index in [9.17, 15) is 0 Å². The van der Waals surface area contributed by atoms with E-state index in [-0.39, 0.29) is 5.92 Å². The highest BCUT2D eigenvalue weighted by Gasteiger charge is 2.30. The second-order valence-electron chi connectivity index (χ2n) is 5.44. The lowest BCUT2D eigenvalue weighted by atomic mass is 9.92. The first-order chi connectivity index (χ1) is 6.94. The Labute approximate surface area is 91.9 Å². The van der Waals surface area contributed by atoms with Gasteiger partial charge in [0.15, 0.2) is 0 Å². The van der Waals surface area contributed by atoms with Crippen molar-refractivity contribution in [1.29, 1.82) is 0 Å². The van der Waals surface area contributed by atoms with Crippen molar-refractivity contribution in [2.75, 3.05) is 6.54 Å². The van der Waals surface area contributed by atoms with E-state index in [1.165, 1.54) is 19.3 Å². The summed E-state index contributed by atoms with van der Waals surface area (Å²) in [5.74, 6) is 0.401. The van der Waals surface area contributed by atoms with Gasteiger partial charge in [0, 0.05) is 18.5 Å². The summed E-state index contributed by atoms with van der Waals surface area (Å²) in [4.78, 5) is 0. The van der Waals surface area contributed by atoms with Crippen molar-refractivity contribution in [1.82, 2.24) is 5.32 Å². The zero-order chi connectivity index (χ0) is 11.5. The van der Waals surface area contributed by atoms with E-state index < -0.39 is 0 Å². The van der Waals surface area contributed by atoms with E-state index in [2.05, 4.69) is 24.3 Å². The van der Waals surface area contributed by atoms with Crippen LogP contribution in [0.25, 0.3) is 0 Å². The Hall–Kier alpha value is -0.770. The fourth-order valence-corrected chi connectivity index (χ4v) is 2.16. The molecule has 1 fully saturated rings. The molecule has 0 aromatic rings. The first kappa shape index (κ1) is 12.3. The highest BCUT2D eigenvalue weighted by Crippen LogP contribution is 2.36. The molecule has 2 atom stereocenters. The summed E-state index contributed by atoms with van der Waals surface area (Å²) in [5, 5.41) is 15.0. The molecule has 0 heterocycles. The predicted octanol–water partition coefficient (Wildman–Crippen LogP) is 1.54. The minimum absolute atomic E-state index is 0.0960. The monoisotopic (exact) mass is 213 g/mol. The number of rotatable bonds is 4. The Kier molecular flexibility index (Phi) is 3.97. The second-order valence-corrected chi connectivity index (χ2v) is 5.44. The Morgan fingerprint density at radius 3 is 2.80 bits per heavy atom. The average molecular weight is 213 g/mol. The summed E-state index contributed by atoms with van der Waals surface area (Å²) >= 11 is 0. The van der Waals surface area contributed by atoms with E-state index in [0.29, 0.717) is 17.3 Å². The average Bonchev–Trinajstić information content (AvgIpc) is 2.53. The molecule has 88 valence electrons. The zero-order valence-corrected chi connectivity index (χ0v) is 9.95. The summed E-state index contributed by atoms with van der Waals surface area (Å²) < 4.78 is 0. The Morgan fingerprint density at radius 1 is 1.67 bits per heavy atom. The van der Waals surface area contributed by atoms with E-state index in [0.717, 1.165) is 6.54 Å². The maximum absolute atomic E-state index is 8.52. The molecular formula is C11H23N3O. The molecule has 4 nitrogen and oxygen atoms in total. The minimum Gasteiger partial charge on any atom is -0.409 e. The van der Waals surface area contributed by atoms with Gasteiger partial charge in [-0.25, -0.2) is 0 Å². The van der Waals surface area contributed by atoms with Crippen LogP contribution in [0, 0.1) is 11.3 Å². The molecule has 2 unspecified atom stereocenters. The highest BCUT2D eigenvalue weighted by molar-refractivity contribution is 5.82. The molecule has 1 saturated carbocycles. The molecule has 0 amide bonds. The summed E-state index contributed by atoms with van der Waals surface area (Å²) in [5.41, 5.74) is 5.98. The molecule has 0 aromatic carbocycles. The lowest BCUT2D eigenvalue weighted by Gasteiger charge is -2.19. The third-order valence-electron chi connectivity index (χ3n) is 3.30. The van der Waals surface area contributed by atoms with Crippen molar-refractivity contribution in [2.45, 2.75) is 46.1 Å². The topological polar surface area (TPSA) is 70.6 Å². The highest BCUT2D eigenvalue weighted by atomic mass is 16.4. The van der Waals surface area contributed by atoms with Crippen LogP contribution in [0.5, 0.6) is 0 Å². The lowest BCUT2D eigenvalue weighted by Crippen LogP contribution is -2.36. The van der Waals surface area contributed by atoms with Gasteiger partial charge in [-0.3, -0.25) is 0 Å². The van der Waals surface area contributed by atoms with Gasteiger partial charge in [-0.15, -0.1) is 0 Å². The van der Waals surface area contributed by atoms with Crippen LogP contribution in [0.15, 0.2) is 5.16 Å². The Bertz CT molecular complexity index is 238.